The Morgan fingerprint density at radius 1 is 1.03 bits per heavy atom. The molecule has 2 fully saturated rings. The standard InChI is InChI=1S/C23H23ClN2O3S/c24-16-7-4-8-18(13-16)26-21(27)14-20(23(26)29)30-19-11-9-17(10-12-19)25-22(28)15-5-2-1-3-6-15/h4,7-13,15,20H,1-3,5-6,14H2,(H,25,28)/t20-/m0/s1. The predicted octanol–water partition coefficient (Wildman–Crippen LogP) is 5.28. The summed E-state index contributed by atoms with van der Waals surface area (Å²) in [6.07, 6.45) is 5.52. The highest BCUT2D eigenvalue weighted by molar-refractivity contribution is 8.00. The van der Waals surface area contributed by atoms with E-state index >= 15 is 0 Å². The third-order valence-electron chi connectivity index (χ3n) is 5.55. The maximum absolute atomic E-state index is 12.8. The number of hydrogen-bond donors (Lipinski definition) is 1. The third-order valence-corrected chi connectivity index (χ3v) is 6.98. The van der Waals surface area contributed by atoms with Gasteiger partial charge in [-0.1, -0.05) is 36.9 Å². The Labute approximate surface area is 185 Å². The van der Waals surface area contributed by atoms with E-state index in [4.69, 9.17) is 11.6 Å². The van der Waals surface area contributed by atoms with Gasteiger partial charge >= 0.3 is 0 Å². The molecule has 0 bridgehead atoms. The van der Waals surface area contributed by atoms with Crippen molar-refractivity contribution < 1.29 is 14.4 Å². The zero-order valence-electron chi connectivity index (χ0n) is 16.5. The van der Waals surface area contributed by atoms with Crippen molar-refractivity contribution in [2.75, 3.05) is 10.2 Å². The molecular weight excluding hydrogens is 420 g/mol. The van der Waals surface area contributed by atoms with Crippen LogP contribution in [0.2, 0.25) is 5.02 Å². The fourth-order valence-corrected chi connectivity index (χ4v) is 5.21. The SMILES string of the molecule is O=C(Nc1ccc(S[C@H]2CC(=O)N(c3cccc(Cl)c3)C2=O)cc1)C1CCCCC1. The molecular formula is C23H23ClN2O3S. The van der Waals surface area contributed by atoms with Gasteiger partial charge in [0.2, 0.25) is 17.7 Å². The van der Waals surface area contributed by atoms with Crippen molar-refractivity contribution in [3.8, 4) is 0 Å². The minimum Gasteiger partial charge on any atom is -0.326 e. The Morgan fingerprint density at radius 2 is 1.77 bits per heavy atom. The molecule has 156 valence electrons. The van der Waals surface area contributed by atoms with Gasteiger partial charge in [0.05, 0.1) is 10.9 Å². The average Bonchev–Trinajstić information content (AvgIpc) is 3.03. The number of halogens is 1. The van der Waals surface area contributed by atoms with E-state index in [9.17, 15) is 14.4 Å². The molecule has 30 heavy (non-hydrogen) atoms. The smallest absolute Gasteiger partial charge is 0.247 e. The van der Waals surface area contributed by atoms with Gasteiger partial charge in [0.25, 0.3) is 0 Å². The quantitative estimate of drug-likeness (QED) is 0.639. The number of nitrogens with zero attached hydrogens (tertiary/aromatic N) is 1. The second-order valence-corrected chi connectivity index (χ2v) is 9.42. The van der Waals surface area contributed by atoms with Crippen molar-refractivity contribution in [3.63, 3.8) is 0 Å². The molecule has 7 heteroatoms. The van der Waals surface area contributed by atoms with E-state index in [1.807, 2.05) is 24.3 Å². The predicted molar refractivity (Wildman–Crippen MR) is 120 cm³/mol. The number of benzene rings is 2. The van der Waals surface area contributed by atoms with Gasteiger partial charge in [-0.25, -0.2) is 4.90 Å². The summed E-state index contributed by atoms with van der Waals surface area (Å²) in [5.74, 6) is -0.269. The van der Waals surface area contributed by atoms with E-state index in [-0.39, 0.29) is 30.1 Å². The summed E-state index contributed by atoms with van der Waals surface area (Å²) in [4.78, 5) is 39.7. The Balaban J connectivity index is 1.38. The molecule has 1 saturated heterocycles. The van der Waals surface area contributed by atoms with E-state index in [1.165, 1.54) is 23.1 Å². The number of imide groups is 1. The second-order valence-electron chi connectivity index (χ2n) is 7.71. The molecule has 2 aromatic rings. The molecule has 5 nitrogen and oxygen atoms in total. The van der Waals surface area contributed by atoms with Gasteiger partial charge in [-0.2, -0.15) is 0 Å². The fourth-order valence-electron chi connectivity index (χ4n) is 3.97. The van der Waals surface area contributed by atoms with Crippen LogP contribution in [0.1, 0.15) is 38.5 Å². The van der Waals surface area contributed by atoms with Gasteiger partial charge in [-0.15, -0.1) is 11.8 Å². The normalized spacial score (nSPS) is 19.9. The number of amides is 3. The molecule has 0 aromatic heterocycles. The molecule has 2 aromatic carbocycles. The Kier molecular flexibility index (Phi) is 6.44. The van der Waals surface area contributed by atoms with Crippen molar-refractivity contribution in [2.45, 2.75) is 48.7 Å². The number of carbonyl (C=O) groups excluding carboxylic acids is 3. The first-order chi connectivity index (χ1) is 14.5. The summed E-state index contributed by atoms with van der Waals surface area (Å²) in [5.41, 5.74) is 1.26. The number of nitrogens with one attached hydrogen (secondary N) is 1. The zero-order chi connectivity index (χ0) is 21.1. The van der Waals surface area contributed by atoms with E-state index in [0.717, 1.165) is 36.3 Å². The van der Waals surface area contributed by atoms with Crippen LogP contribution < -0.4 is 10.2 Å². The van der Waals surface area contributed by atoms with E-state index in [2.05, 4.69) is 5.32 Å². The number of carbonyl (C=O) groups is 3. The first-order valence-corrected chi connectivity index (χ1v) is 11.5. The Bertz CT molecular complexity index is 957. The largest absolute Gasteiger partial charge is 0.326 e. The van der Waals surface area contributed by atoms with Crippen molar-refractivity contribution in [2.24, 2.45) is 5.92 Å². The first-order valence-electron chi connectivity index (χ1n) is 10.2. The summed E-state index contributed by atoms with van der Waals surface area (Å²) >= 11 is 7.36. The third kappa shape index (κ3) is 4.71. The number of anilines is 2. The molecule has 1 aliphatic carbocycles. The minimum absolute atomic E-state index is 0.0869. The number of hydrogen-bond acceptors (Lipinski definition) is 4. The van der Waals surface area contributed by atoms with Crippen LogP contribution in [0.3, 0.4) is 0 Å². The minimum atomic E-state index is -0.473. The summed E-state index contributed by atoms with van der Waals surface area (Å²) in [7, 11) is 0. The van der Waals surface area contributed by atoms with Crippen LogP contribution in [0.25, 0.3) is 0 Å². The first kappa shape index (κ1) is 20.9. The molecule has 4 rings (SSSR count). The van der Waals surface area contributed by atoms with Crippen LogP contribution in [0, 0.1) is 5.92 Å². The van der Waals surface area contributed by atoms with Gasteiger partial charge < -0.3 is 5.32 Å². The van der Waals surface area contributed by atoms with Crippen molar-refractivity contribution in [1.29, 1.82) is 0 Å². The van der Waals surface area contributed by atoms with Crippen LogP contribution in [0.15, 0.2) is 53.4 Å². The van der Waals surface area contributed by atoms with E-state index in [0.29, 0.717) is 10.7 Å². The zero-order valence-corrected chi connectivity index (χ0v) is 18.0. The molecule has 1 aliphatic heterocycles. The number of thioether (sulfide) groups is 1. The van der Waals surface area contributed by atoms with Crippen LogP contribution in [0.4, 0.5) is 11.4 Å². The molecule has 2 aliphatic rings. The molecule has 0 spiro atoms. The van der Waals surface area contributed by atoms with Crippen LogP contribution in [0.5, 0.6) is 0 Å². The molecule has 1 atom stereocenters. The van der Waals surface area contributed by atoms with Crippen LogP contribution >= 0.6 is 23.4 Å². The highest BCUT2D eigenvalue weighted by atomic mass is 35.5. The van der Waals surface area contributed by atoms with Gasteiger partial charge in [-0.05, 0) is 55.3 Å². The van der Waals surface area contributed by atoms with Gasteiger partial charge in [0, 0.05) is 27.9 Å². The number of rotatable bonds is 5. The summed E-state index contributed by atoms with van der Waals surface area (Å²) < 4.78 is 0. The van der Waals surface area contributed by atoms with Gasteiger partial charge in [0.15, 0.2) is 0 Å². The van der Waals surface area contributed by atoms with Crippen molar-refractivity contribution in [3.05, 3.63) is 53.6 Å². The van der Waals surface area contributed by atoms with Crippen LogP contribution in [-0.4, -0.2) is 23.0 Å². The molecule has 0 unspecified atom stereocenters. The highest BCUT2D eigenvalue weighted by Crippen LogP contribution is 2.35. The molecule has 1 heterocycles. The summed E-state index contributed by atoms with van der Waals surface area (Å²) in [6.45, 7) is 0. The highest BCUT2D eigenvalue weighted by Gasteiger charge is 2.40. The van der Waals surface area contributed by atoms with Gasteiger partial charge in [0.1, 0.15) is 0 Å². The Hall–Kier alpha value is -2.31. The summed E-state index contributed by atoms with van der Waals surface area (Å²) in [6, 6.07) is 14.2. The molecule has 1 N–H and O–H groups in total. The lowest BCUT2D eigenvalue weighted by Crippen LogP contribution is -2.31. The lowest BCUT2D eigenvalue weighted by Gasteiger charge is -2.20. The fraction of sp³-hybridized carbons (Fsp3) is 0.348. The molecule has 0 radical (unpaired) electrons. The van der Waals surface area contributed by atoms with Gasteiger partial charge in [-0.3, -0.25) is 14.4 Å². The average molecular weight is 443 g/mol. The second kappa shape index (κ2) is 9.23. The molecule has 3 amide bonds. The van der Waals surface area contributed by atoms with Crippen molar-refractivity contribution in [1.82, 2.24) is 0 Å². The molecule has 1 saturated carbocycles. The summed E-state index contributed by atoms with van der Waals surface area (Å²) in [5, 5.41) is 3.00. The lowest BCUT2D eigenvalue weighted by molar-refractivity contribution is -0.122. The lowest BCUT2D eigenvalue weighted by atomic mass is 9.88. The Morgan fingerprint density at radius 3 is 2.47 bits per heavy atom. The van der Waals surface area contributed by atoms with E-state index in [1.54, 1.807) is 24.3 Å². The topological polar surface area (TPSA) is 66.5 Å². The maximum Gasteiger partial charge on any atom is 0.247 e. The maximum atomic E-state index is 12.8. The monoisotopic (exact) mass is 442 g/mol. The van der Waals surface area contributed by atoms with Crippen LogP contribution in [-0.2, 0) is 14.4 Å². The van der Waals surface area contributed by atoms with Crippen molar-refractivity contribution >= 4 is 52.5 Å². The van der Waals surface area contributed by atoms with E-state index < -0.39 is 5.25 Å².